The molecule has 1 aromatic carbocycles. The van der Waals surface area contributed by atoms with Gasteiger partial charge in [0.1, 0.15) is 13.2 Å². The summed E-state index contributed by atoms with van der Waals surface area (Å²) in [6.45, 7) is 9.24. The highest BCUT2D eigenvalue weighted by Gasteiger charge is 2.36. The summed E-state index contributed by atoms with van der Waals surface area (Å²) in [6.07, 6.45) is 1.16. The van der Waals surface area contributed by atoms with Crippen LogP contribution in [0.15, 0.2) is 12.1 Å². The van der Waals surface area contributed by atoms with Crippen molar-refractivity contribution in [2.75, 3.05) is 19.8 Å². The maximum atomic E-state index is 5.72. The Kier molecular flexibility index (Phi) is 3.40. The molecule has 104 valence electrons. The zero-order valence-corrected chi connectivity index (χ0v) is 12.0. The van der Waals surface area contributed by atoms with Gasteiger partial charge in [-0.15, -0.1) is 0 Å². The second-order valence-electron chi connectivity index (χ2n) is 5.70. The van der Waals surface area contributed by atoms with Gasteiger partial charge in [-0.25, -0.2) is 0 Å². The van der Waals surface area contributed by atoms with Crippen molar-refractivity contribution in [2.24, 2.45) is 5.92 Å². The van der Waals surface area contributed by atoms with Crippen molar-refractivity contribution in [3.8, 4) is 11.5 Å². The van der Waals surface area contributed by atoms with Crippen LogP contribution in [0.4, 0.5) is 0 Å². The highest BCUT2D eigenvalue weighted by atomic mass is 16.6. The average Bonchev–Trinajstić information content (AvgIpc) is 2.67. The van der Waals surface area contributed by atoms with Crippen molar-refractivity contribution < 1.29 is 9.47 Å². The van der Waals surface area contributed by atoms with Crippen LogP contribution in [0.25, 0.3) is 0 Å². The van der Waals surface area contributed by atoms with E-state index in [1.165, 1.54) is 11.1 Å². The summed E-state index contributed by atoms with van der Waals surface area (Å²) in [5.74, 6) is 3.01. The summed E-state index contributed by atoms with van der Waals surface area (Å²) in [5, 5.41) is 3.68. The van der Waals surface area contributed by atoms with E-state index in [1.54, 1.807) is 0 Å². The Morgan fingerprint density at radius 1 is 1.11 bits per heavy atom. The number of nitrogens with one attached hydrogen (secondary N) is 1. The van der Waals surface area contributed by atoms with E-state index in [9.17, 15) is 0 Å². The van der Waals surface area contributed by atoms with Gasteiger partial charge >= 0.3 is 0 Å². The molecule has 0 fully saturated rings. The minimum Gasteiger partial charge on any atom is -0.486 e. The van der Waals surface area contributed by atoms with Gasteiger partial charge < -0.3 is 14.8 Å². The van der Waals surface area contributed by atoms with Crippen molar-refractivity contribution in [3.05, 3.63) is 23.3 Å². The molecule has 3 atom stereocenters. The van der Waals surface area contributed by atoms with E-state index in [1.807, 2.05) is 0 Å². The van der Waals surface area contributed by atoms with E-state index >= 15 is 0 Å². The number of hydrogen-bond donors (Lipinski definition) is 1. The molecule has 19 heavy (non-hydrogen) atoms. The van der Waals surface area contributed by atoms with Crippen LogP contribution in [0, 0.1) is 5.92 Å². The average molecular weight is 261 g/mol. The molecule has 1 aliphatic carbocycles. The second kappa shape index (κ2) is 5.04. The van der Waals surface area contributed by atoms with Crippen LogP contribution < -0.4 is 14.8 Å². The van der Waals surface area contributed by atoms with Gasteiger partial charge in [-0.05, 0) is 48.1 Å². The van der Waals surface area contributed by atoms with Crippen LogP contribution in [0.5, 0.6) is 11.5 Å². The van der Waals surface area contributed by atoms with Gasteiger partial charge in [-0.2, -0.15) is 0 Å². The molecular weight excluding hydrogens is 238 g/mol. The van der Waals surface area contributed by atoms with Gasteiger partial charge in [-0.1, -0.05) is 20.8 Å². The Labute approximate surface area is 115 Å². The molecule has 2 aliphatic rings. The van der Waals surface area contributed by atoms with Gasteiger partial charge in [-0.3, -0.25) is 0 Å². The number of fused-ring (bicyclic) bond motifs is 2. The normalized spacial score (nSPS) is 28.3. The molecule has 0 saturated heterocycles. The topological polar surface area (TPSA) is 30.5 Å². The van der Waals surface area contributed by atoms with Crippen LogP contribution in [0.2, 0.25) is 0 Å². The fraction of sp³-hybridized carbons (Fsp3) is 0.625. The van der Waals surface area contributed by atoms with Gasteiger partial charge in [0.2, 0.25) is 0 Å². The predicted molar refractivity (Wildman–Crippen MR) is 76.0 cm³/mol. The summed E-state index contributed by atoms with van der Waals surface area (Å²) in [7, 11) is 0. The third kappa shape index (κ3) is 2.10. The number of ether oxygens (including phenoxy) is 2. The van der Waals surface area contributed by atoms with Crippen LogP contribution in [-0.4, -0.2) is 19.8 Å². The fourth-order valence-electron chi connectivity index (χ4n) is 3.23. The lowest BCUT2D eigenvalue weighted by Gasteiger charge is -2.22. The smallest absolute Gasteiger partial charge is 0.161 e. The van der Waals surface area contributed by atoms with Crippen LogP contribution in [-0.2, 0) is 0 Å². The van der Waals surface area contributed by atoms with Crippen molar-refractivity contribution in [1.29, 1.82) is 0 Å². The zero-order valence-electron chi connectivity index (χ0n) is 12.0. The molecule has 0 saturated carbocycles. The largest absolute Gasteiger partial charge is 0.486 e. The molecule has 0 radical (unpaired) electrons. The van der Waals surface area contributed by atoms with E-state index < -0.39 is 0 Å². The molecule has 1 heterocycles. The van der Waals surface area contributed by atoms with Gasteiger partial charge in [0, 0.05) is 6.04 Å². The van der Waals surface area contributed by atoms with Crippen molar-refractivity contribution in [3.63, 3.8) is 0 Å². The number of rotatable bonds is 3. The second-order valence-corrected chi connectivity index (χ2v) is 5.70. The molecule has 3 unspecified atom stereocenters. The van der Waals surface area contributed by atoms with Gasteiger partial charge in [0.05, 0.1) is 0 Å². The first-order valence-electron chi connectivity index (χ1n) is 7.39. The van der Waals surface area contributed by atoms with Gasteiger partial charge in [0.15, 0.2) is 11.5 Å². The maximum Gasteiger partial charge on any atom is 0.161 e. The Hall–Kier alpha value is -1.22. The molecule has 0 spiro atoms. The lowest BCUT2D eigenvalue weighted by Crippen LogP contribution is -2.25. The lowest BCUT2D eigenvalue weighted by atomic mass is 9.94. The molecule has 1 N–H and O–H groups in total. The molecular formula is C16H23NO2. The molecule has 0 aromatic heterocycles. The van der Waals surface area contributed by atoms with Crippen LogP contribution >= 0.6 is 0 Å². The summed E-state index contributed by atoms with van der Waals surface area (Å²) in [4.78, 5) is 0. The van der Waals surface area contributed by atoms with Crippen molar-refractivity contribution in [2.45, 2.75) is 39.2 Å². The summed E-state index contributed by atoms with van der Waals surface area (Å²) >= 11 is 0. The zero-order chi connectivity index (χ0) is 13.4. The van der Waals surface area contributed by atoms with Crippen molar-refractivity contribution >= 4 is 0 Å². The third-order valence-electron chi connectivity index (χ3n) is 4.50. The van der Waals surface area contributed by atoms with Gasteiger partial charge in [0.25, 0.3) is 0 Å². The Morgan fingerprint density at radius 2 is 1.74 bits per heavy atom. The van der Waals surface area contributed by atoms with Crippen molar-refractivity contribution in [1.82, 2.24) is 5.32 Å². The highest BCUT2D eigenvalue weighted by molar-refractivity contribution is 5.52. The SMILES string of the molecule is CCCNC1c2cc3c(cc2C(C)C1C)OCCO3. The number of benzene rings is 1. The molecule has 3 nitrogen and oxygen atoms in total. The quantitative estimate of drug-likeness (QED) is 0.906. The number of hydrogen-bond acceptors (Lipinski definition) is 3. The first kappa shape index (κ1) is 12.8. The molecule has 1 aliphatic heterocycles. The summed E-state index contributed by atoms with van der Waals surface area (Å²) in [5.41, 5.74) is 2.82. The van der Waals surface area contributed by atoms with Crippen LogP contribution in [0.1, 0.15) is 50.3 Å². The Bertz CT molecular complexity index is 472. The molecule has 1 aromatic rings. The van der Waals surface area contributed by atoms with E-state index in [0.29, 0.717) is 31.1 Å². The van der Waals surface area contributed by atoms with E-state index in [2.05, 4.69) is 38.2 Å². The lowest BCUT2D eigenvalue weighted by molar-refractivity contribution is 0.171. The Balaban J connectivity index is 1.97. The first-order valence-corrected chi connectivity index (χ1v) is 7.39. The van der Waals surface area contributed by atoms with E-state index in [0.717, 1.165) is 24.5 Å². The molecule has 0 amide bonds. The molecule has 0 bridgehead atoms. The van der Waals surface area contributed by atoms with E-state index in [4.69, 9.17) is 9.47 Å². The third-order valence-corrected chi connectivity index (χ3v) is 4.50. The molecule has 3 rings (SSSR count). The van der Waals surface area contributed by atoms with Crippen LogP contribution in [0.3, 0.4) is 0 Å². The maximum absolute atomic E-state index is 5.72. The summed E-state index contributed by atoms with van der Waals surface area (Å²) in [6, 6.07) is 4.83. The fourth-order valence-corrected chi connectivity index (χ4v) is 3.23. The minimum absolute atomic E-state index is 0.445. The monoisotopic (exact) mass is 261 g/mol. The minimum atomic E-state index is 0.445. The van der Waals surface area contributed by atoms with E-state index in [-0.39, 0.29) is 0 Å². The molecule has 3 heteroatoms. The predicted octanol–water partition coefficient (Wildman–Crippen LogP) is 3.25. The highest BCUT2D eigenvalue weighted by Crippen LogP contribution is 2.48. The Morgan fingerprint density at radius 3 is 2.37 bits per heavy atom. The summed E-state index contributed by atoms with van der Waals surface area (Å²) < 4.78 is 11.4. The standard InChI is InChI=1S/C16H23NO2/c1-4-5-17-16-11(3)10(2)12-8-14-15(9-13(12)16)19-7-6-18-14/h8-11,16-17H,4-7H2,1-3H3. The first-order chi connectivity index (χ1) is 9.22.